The molecule has 3 rings (SSSR count). The number of sulfonamides is 1. The van der Waals surface area contributed by atoms with Gasteiger partial charge in [-0.25, -0.2) is 8.42 Å². The van der Waals surface area contributed by atoms with Crippen LogP contribution in [-0.4, -0.2) is 24.8 Å². The molecule has 1 heterocycles. The van der Waals surface area contributed by atoms with Crippen LogP contribution >= 0.6 is 0 Å². The molecule has 0 amide bonds. The topological polar surface area (TPSA) is 37.4 Å². The molecule has 1 aromatic carbocycles. The molecule has 1 aliphatic carbocycles. The van der Waals surface area contributed by atoms with Crippen LogP contribution in [0.3, 0.4) is 0 Å². The van der Waals surface area contributed by atoms with Crippen molar-refractivity contribution < 1.29 is 8.42 Å². The molecule has 2 aliphatic rings. The lowest BCUT2D eigenvalue weighted by atomic mass is 9.72. The van der Waals surface area contributed by atoms with Crippen LogP contribution in [0.2, 0.25) is 0 Å². The Morgan fingerprint density at radius 2 is 1.63 bits per heavy atom. The number of rotatable bonds is 2. The molecule has 0 atom stereocenters. The van der Waals surface area contributed by atoms with Crippen molar-refractivity contribution in [2.45, 2.75) is 55.9 Å². The van der Waals surface area contributed by atoms with Gasteiger partial charge in [0.25, 0.3) is 0 Å². The first-order chi connectivity index (χ1) is 9.05. The van der Waals surface area contributed by atoms with Crippen molar-refractivity contribution in [3.63, 3.8) is 0 Å². The monoisotopic (exact) mass is 279 g/mol. The van der Waals surface area contributed by atoms with Crippen molar-refractivity contribution in [2.24, 2.45) is 0 Å². The minimum absolute atomic E-state index is 0.0536. The Bertz CT molecular complexity index is 558. The molecule has 1 saturated carbocycles. The van der Waals surface area contributed by atoms with Crippen LogP contribution in [0.15, 0.2) is 29.2 Å². The summed E-state index contributed by atoms with van der Waals surface area (Å²) in [6.45, 7) is 2.67. The van der Waals surface area contributed by atoms with Gasteiger partial charge >= 0.3 is 0 Å². The van der Waals surface area contributed by atoms with E-state index in [1.807, 2.05) is 19.1 Å². The average molecular weight is 279 g/mol. The van der Waals surface area contributed by atoms with Gasteiger partial charge in [-0.15, -0.1) is 0 Å². The van der Waals surface area contributed by atoms with Gasteiger partial charge in [-0.2, -0.15) is 4.31 Å². The summed E-state index contributed by atoms with van der Waals surface area (Å²) >= 11 is 0. The molecule has 2 fully saturated rings. The highest BCUT2D eigenvalue weighted by molar-refractivity contribution is 7.89. The standard InChI is InChI=1S/C15H21NO2S/c1-13-5-7-14(8-6-13)19(17,18)16-12-3-2-9-15(16)10-4-11-15/h5-8H,2-4,9-12H2,1H3. The van der Waals surface area contributed by atoms with Crippen molar-refractivity contribution in [3.05, 3.63) is 29.8 Å². The Labute approximate surface area is 115 Å². The molecule has 0 bridgehead atoms. The van der Waals surface area contributed by atoms with Gasteiger partial charge in [0.1, 0.15) is 0 Å². The molecule has 1 aliphatic heterocycles. The van der Waals surface area contributed by atoms with Gasteiger partial charge in [-0.3, -0.25) is 0 Å². The summed E-state index contributed by atoms with van der Waals surface area (Å²) < 4.78 is 27.5. The van der Waals surface area contributed by atoms with E-state index in [1.165, 1.54) is 12.8 Å². The van der Waals surface area contributed by atoms with Crippen LogP contribution < -0.4 is 0 Å². The number of hydrogen-bond donors (Lipinski definition) is 0. The summed E-state index contributed by atoms with van der Waals surface area (Å²) in [4.78, 5) is 0.450. The second-order valence-electron chi connectivity index (χ2n) is 5.93. The summed E-state index contributed by atoms with van der Waals surface area (Å²) in [5.74, 6) is 0. The summed E-state index contributed by atoms with van der Waals surface area (Å²) in [6.07, 6.45) is 6.45. The summed E-state index contributed by atoms with van der Waals surface area (Å²) in [5, 5.41) is 0. The number of piperidine rings is 1. The quantitative estimate of drug-likeness (QED) is 0.834. The highest BCUT2D eigenvalue weighted by Gasteiger charge is 2.49. The summed E-state index contributed by atoms with van der Waals surface area (Å²) in [5.41, 5.74) is 1.04. The smallest absolute Gasteiger partial charge is 0.207 e. The molecular weight excluding hydrogens is 258 g/mol. The Morgan fingerprint density at radius 3 is 2.21 bits per heavy atom. The fraction of sp³-hybridized carbons (Fsp3) is 0.600. The van der Waals surface area contributed by atoms with E-state index in [0.717, 1.165) is 31.2 Å². The maximum absolute atomic E-state index is 12.8. The predicted molar refractivity (Wildman–Crippen MR) is 75.5 cm³/mol. The fourth-order valence-electron chi connectivity index (χ4n) is 3.37. The van der Waals surface area contributed by atoms with Crippen LogP contribution in [0, 0.1) is 6.92 Å². The lowest BCUT2D eigenvalue weighted by Gasteiger charge is -2.52. The van der Waals surface area contributed by atoms with Gasteiger partial charge in [0, 0.05) is 12.1 Å². The van der Waals surface area contributed by atoms with Crippen LogP contribution in [0.4, 0.5) is 0 Å². The van der Waals surface area contributed by atoms with Crippen molar-refractivity contribution in [1.29, 1.82) is 0 Å². The molecule has 0 unspecified atom stereocenters. The van der Waals surface area contributed by atoms with Gasteiger partial charge in [-0.05, 0) is 51.2 Å². The average Bonchev–Trinajstić information content (AvgIpc) is 2.37. The summed E-state index contributed by atoms with van der Waals surface area (Å²) in [7, 11) is -3.31. The lowest BCUT2D eigenvalue weighted by Crippen LogP contribution is -2.58. The Balaban J connectivity index is 1.96. The molecule has 4 heteroatoms. The third-order valence-corrected chi connectivity index (χ3v) is 6.69. The van der Waals surface area contributed by atoms with Crippen LogP contribution in [0.5, 0.6) is 0 Å². The molecule has 104 valence electrons. The van der Waals surface area contributed by atoms with Gasteiger partial charge < -0.3 is 0 Å². The molecule has 0 radical (unpaired) electrons. The van der Waals surface area contributed by atoms with E-state index in [2.05, 4.69) is 0 Å². The third-order valence-electron chi connectivity index (χ3n) is 4.68. The SMILES string of the molecule is Cc1ccc(S(=O)(=O)N2CCCCC23CCC3)cc1. The lowest BCUT2D eigenvalue weighted by molar-refractivity contribution is 0.0502. The third kappa shape index (κ3) is 2.11. The molecule has 3 nitrogen and oxygen atoms in total. The maximum Gasteiger partial charge on any atom is 0.243 e. The highest BCUT2D eigenvalue weighted by Crippen LogP contribution is 2.46. The zero-order valence-corrected chi connectivity index (χ0v) is 12.2. The van der Waals surface area contributed by atoms with Gasteiger partial charge in [0.05, 0.1) is 4.90 Å². The minimum atomic E-state index is -3.31. The number of nitrogens with zero attached hydrogens (tertiary/aromatic N) is 1. The Kier molecular flexibility index (Phi) is 3.18. The molecule has 1 saturated heterocycles. The van der Waals surface area contributed by atoms with Crippen molar-refractivity contribution >= 4 is 10.0 Å². The predicted octanol–water partition coefficient (Wildman–Crippen LogP) is 3.09. The van der Waals surface area contributed by atoms with E-state index in [4.69, 9.17) is 0 Å². The fourth-order valence-corrected chi connectivity index (χ4v) is 5.26. The Morgan fingerprint density at radius 1 is 1.00 bits per heavy atom. The van der Waals surface area contributed by atoms with Crippen LogP contribution in [0.1, 0.15) is 44.1 Å². The number of benzene rings is 1. The van der Waals surface area contributed by atoms with Crippen molar-refractivity contribution in [2.75, 3.05) is 6.54 Å². The van der Waals surface area contributed by atoms with Crippen molar-refractivity contribution in [1.82, 2.24) is 4.31 Å². The van der Waals surface area contributed by atoms with E-state index < -0.39 is 10.0 Å². The van der Waals surface area contributed by atoms with Crippen molar-refractivity contribution in [3.8, 4) is 0 Å². The van der Waals surface area contributed by atoms with E-state index in [1.54, 1.807) is 16.4 Å². The van der Waals surface area contributed by atoms with Crippen LogP contribution in [-0.2, 0) is 10.0 Å². The first kappa shape index (κ1) is 13.1. The van der Waals surface area contributed by atoms with Gasteiger partial charge in [0.2, 0.25) is 10.0 Å². The zero-order valence-electron chi connectivity index (χ0n) is 11.4. The van der Waals surface area contributed by atoms with Gasteiger partial charge in [-0.1, -0.05) is 24.1 Å². The number of hydrogen-bond acceptors (Lipinski definition) is 2. The normalized spacial score (nSPS) is 23.2. The molecule has 1 aromatic rings. The molecule has 19 heavy (non-hydrogen) atoms. The molecular formula is C15H21NO2S. The highest BCUT2D eigenvalue weighted by atomic mass is 32.2. The molecule has 1 spiro atoms. The molecule has 0 aromatic heterocycles. The maximum atomic E-state index is 12.8. The minimum Gasteiger partial charge on any atom is -0.207 e. The second-order valence-corrected chi connectivity index (χ2v) is 7.79. The largest absolute Gasteiger partial charge is 0.243 e. The first-order valence-electron chi connectivity index (χ1n) is 7.14. The van der Waals surface area contributed by atoms with E-state index in [-0.39, 0.29) is 5.54 Å². The van der Waals surface area contributed by atoms with E-state index in [9.17, 15) is 8.42 Å². The number of aryl methyl sites for hydroxylation is 1. The first-order valence-corrected chi connectivity index (χ1v) is 8.58. The van der Waals surface area contributed by atoms with Gasteiger partial charge in [0.15, 0.2) is 0 Å². The second kappa shape index (κ2) is 4.60. The zero-order chi connectivity index (χ0) is 13.5. The summed E-state index contributed by atoms with van der Waals surface area (Å²) in [6, 6.07) is 7.24. The van der Waals surface area contributed by atoms with E-state index >= 15 is 0 Å². The Hall–Kier alpha value is -0.870. The molecule has 0 N–H and O–H groups in total. The van der Waals surface area contributed by atoms with E-state index in [0.29, 0.717) is 11.4 Å². The van der Waals surface area contributed by atoms with Crippen LogP contribution in [0.25, 0.3) is 0 Å².